The van der Waals surface area contributed by atoms with Crippen LogP contribution in [0.1, 0.15) is 72.6 Å². The fourth-order valence-electron chi connectivity index (χ4n) is 3.94. The Morgan fingerprint density at radius 3 is 2.31 bits per heavy atom. The van der Waals surface area contributed by atoms with Crippen molar-refractivity contribution in [2.45, 2.75) is 52.5 Å². The Morgan fingerprint density at radius 2 is 1.66 bits per heavy atom. The number of aromatic nitrogens is 3. The summed E-state index contributed by atoms with van der Waals surface area (Å²) in [5, 5.41) is 7.65. The number of amides is 1. The molecule has 2 atom stereocenters. The quantitative estimate of drug-likeness (QED) is 0.388. The largest absolute Gasteiger partial charge is 0.345 e. The van der Waals surface area contributed by atoms with Gasteiger partial charge in [0.15, 0.2) is 5.65 Å². The van der Waals surface area contributed by atoms with Crippen molar-refractivity contribution >= 4 is 11.6 Å². The summed E-state index contributed by atoms with van der Waals surface area (Å²) < 4.78 is 1.74. The van der Waals surface area contributed by atoms with E-state index in [9.17, 15) is 4.79 Å². The summed E-state index contributed by atoms with van der Waals surface area (Å²) in [6.07, 6.45) is 5.25. The molecule has 0 fully saturated rings. The second-order valence-electron chi connectivity index (χ2n) is 8.40. The fourth-order valence-corrected chi connectivity index (χ4v) is 3.94. The monoisotopic (exact) mass is 426 g/mol. The van der Waals surface area contributed by atoms with Gasteiger partial charge in [-0.2, -0.15) is 5.10 Å². The van der Waals surface area contributed by atoms with Crippen molar-refractivity contribution in [2.75, 3.05) is 0 Å². The van der Waals surface area contributed by atoms with Crippen molar-refractivity contribution in [2.24, 2.45) is 0 Å². The molecule has 5 heteroatoms. The average Bonchev–Trinajstić information content (AvgIpc) is 3.27. The molecule has 0 aliphatic carbocycles. The number of nitrogens with one attached hydrogen (secondary N) is 1. The van der Waals surface area contributed by atoms with Crippen LogP contribution >= 0.6 is 0 Å². The number of fused-ring (bicyclic) bond motifs is 1. The van der Waals surface area contributed by atoms with E-state index in [4.69, 9.17) is 0 Å². The van der Waals surface area contributed by atoms with Crippen molar-refractivity contribution < 1.29 is 4.79 Å². The van der Waals surface area contributed by atoms with Crippen LogP contribution in [0.2, 0.25) is 0 Å². The molecule has 1 amide bonds. The van der Waals surface area contributed by atoms with Crippen LogP contribution in [0.3, 0.4) is 0 Å². The number of aryl methyl sites for hydroxylation is 1. The number of hydrogen-bond donors (Lipinski definition) is 1. The summed E-state index contributed by atoms with van der Waals surface area (Å²) in [5.74, 6) is 0.373. The average molecular weight is 427 g/mol. The van der Waals surface area contributed by atoms with Crippen LogP contribution in [0.15, 0.2) is 67.0 Å². The zero-order valence-corrected chi connectivity index (χ0v) is 19.2. The molecule has 32 heavy (non-hydrogen) atoms. The summed E-state index contributed by atoms with van der Waals surface area (Å²) >= 11 is 0. The maximum Gasteiger partial charge on any atom is 0.257 e. The number of nitrogens with zero attached hydrogens (tertiary/aromatic N) is 3. The Hall–Kier alpha value is -3.47. The molecule has 4 aromatic rings. The summed E-state index contributed by atoms with van der Waals surface area (Å²) in [4.78, 5) is 17.6. The van der Waals surface area contributed by atoms with Crippen LogP contribution in [-0.4, -0.2) is 20.5 Å². The van der Waals surface area contributed by atoms with Crippen LogP contribution in [0.4, 0.5) is 0 Å². The maximum absolute atomic E-state index is 13.2. The van der Waals surface area contributed by atoms with Gasteiger partial charge in [-0.05, 0) is 42.9 Å². The van der Waals surface area contributed by atoms with Crippen molar-refractivity contribution in [1.29, 1.82) is 0 Å². The predicted octanol–water partition coefficient (Wildman–Crippen LogP) is 6.10. The molecule has 0 saturated heterocycles. The van der Waals surface area contributed by atoms with E-state index < -0.39 is 0 Å². The van der Waals surface area contributed by atoms with E-state index in [1.807, 2.05) is 6.07 Å². The van der Waals surface area contributed by atoms with E-state index in [-0.39, 0.29) is 11.9 Å². The van der Waals surface area contributed by atoms with Crippen molar-refractivity contribution in [3.05, 3.63) is 89.2 Å². The summed E-state index contributed by atoms with van der Waals surface area (Å²) in [7, 11) is 0. The Labute approximate surface area is 189 Å². The summed E-state index contributed by atoms with van der Waals surface area (Å²) in [6, 6.07) is 18.7. The third-order valence-corrected chi connectivity index (χ3v) is 6.23. The highest BCUT2D eigenvalue weighted by Gasteiger charge is 2.20. The van der Waals surface area contributed by atoms with Gasteiger partial charge in [0, 0.05) is 11.8 Å². The lowest BCUT2D eigenvalue weighted by atomic mass is 9.95. The van der Waals surface area contributed by atoms with Gasteiger partial charge in [-0.25, -0.2) is 9.50 Å². The molecule has 0 radical (unpaired) electrons. The van der Waals surface area contributed by atoms with Crippen molar-refractivity contribution in [3.8, 4) is 11.3 Å². The van der Waals surface area contributed by atoms with E-state index in [1.54, 1.807) is 16.9 Å². The molecule has 5 nitrogen and oxygen atoms in total. The van der Waals surface area contributed by atoms with E-state index in [2.05, 4.69) is 91.6 Å². The minimum absolute atomic E-state index is 0.0660. The first-order chi connectivity index (χ1) is 15.5. The molecule has 0 aliphatic heterocycles. The third kappa shape index (κ3) is 4.28. The van der Waals surface area contributed by atoms with Crippen LogP contribution in [-0.2, 0) is 0 Å². The minimum Gasteiger partial charge on any atom is -0.345 e. The standard InChI is InChI=1S/C27H30N4O/c1-5-19(4)20-11-13-21(14-12-20)24(6-2)30-27(32)23-17-29-31-25(15-16-28-26(23)31)22-9-7-18(3)8-10-22/h7-17,19,24H,5-6H2,1-4H3,(H,30,32). The van der Waals surface area contributed by atoms with Crippen LogP contribution in [0.5, 0.6) is 0 Å². The molecular formula is C27H30N4O. The molecule has 2 aromatic heterocycles. The van der Waals surface area contributed by atoms with Gasteiger partial charge >= 0.3 is 0 Å². The Kier molecular flexibility index (Phi) is 6.35. The molecule has 0 spiro atoms. The van der Waals surface area contributed by atoms with Gasteiger partial charge in [0.1, 0.15) is 5.56 Å². The Balaban J connectivity index is 1.59. The lowest BCUT2D eigenvalue weighted by Crippen LogP contribution is -2.28. The molecule has 1 N–H and O–H groups in total. The highest BCUT2D eigenvalue weighted by molar-refractivity contribution is 6.00. The van der Waals surface area contributed by atoms with Gasteiger partial charge in [-0.15, -0.1) is 0 Å². The molecule has 0 saturated carbocycles. The van der Waals surface area contributed by atoms with E-state index >= 15 is 0 Å². The Bertz CT molecular complexity index is 1210. The highest BCUT2D eigenvalue weighted by atomic mass is 16.1. The van der Waals surface area contributed by atoms with Crippen LogP contribution < -0.4 is 5.32 Å². The second-order valence-corrected chi connectivity index (χ2v) is 8.40. The van der Waals surface area contributed by atoms with Gasteiger partial charge in [-0.1, -0.05) is 74.9 Å². The van der Waals surface area contributed by atoms with Crippen molar-refractivity contribution in [3.63, 3.8) is 0 Å². The molecule has 2 unspecified atom stereocenters. The first-order valence-electron chi connectivity index (χ1n) is 11.3. The first-order valence-corrected chi connectivity index (χ1v) is 11.3. The number of hydrogen-bond acceptors (Lipinski definition) is 3. The Morgan fingerprint density at radius 1 is 0.969 bits per heavy atom. The lowest BCUT2D eigenvalue weighted by molar-refractivity contribution is 0.0937. The molecule has 164 valence electrons. The number of rotatable bonds is 7. The maximum atomic E-state index is 13.2. The lowest BCUT2D eigenvalue weighted by Gasteiger charge is -2.18. The SMILES string of the molecule is CCC(C)c1ccc(C(CC)NC(=O)c2cnn3c(-c4ccc(C)cc4)ccnc23)cc1. The highest BCUT2D eigenvalue weighted by Crippen LogP contribution is 2.24. The molecule has 0 bridgehead atoms. The molecule has 2 heterocycles. The number of carbonyl (C=O) groups excluding carboxylic acids is 1. The zero-order valence-electron chi connectivity index (χ0n) is 19.2. The second kappa shape index (κ2) is 9.35. The van der Waals surface area contributed by atoms with E-state index in [0.29, 0.717) is 17.1 Å². The smallest absolute Gasteiger partial charge is 0.257 e. The summed E-state index contributed by atoms with van der Waals surface area (Å²) in [5.41, 5.74) is 6.61. The predicted molar refractivity (Wildman–Crippen MR) is 129 cm³/mol. The number of benzene rings is 2. The minimum atomic E-state index is -0.161. The fraction of sp³-hybridized carbons (Fsp3) is 0.296. The molecule has 4 rings (SSSR count). The van der Waals surface area contributed by atoms with Gasteiger partial charge in [0.05, 0.1) is 17.9 Å². The first kappa shape index (κ1) is 21.8. The molecule has 0 aliphatic rings. The van der Waals surface area contributed by atoms with Crippen molar-refractivity contribution in [1.82, 2.24) is 19.9 Å². The van der Waals surface area contributed by atoms with E-state index in [1.165, 1.54) is 11.1 Å². The van der Waals surface area contributed by atoms with Gasteiger partial charge < -0.3 is 5.32 Å². The van der Waals surface area contributed by atoms with Crippen LogP contribution in [0, 0.1) is 6.92 Å². The van der Waals surface area contributed by atoms with Crippen LogP contribution in [0.25, 0.3) is 16.9 Å². The molecular weight excluding hydrogens is 396 g/mol. The normalized spacial score (nSPS) is 13.1. The number of carbonyl (C=O) groups is 1. The summed E-state index contributed by atoms with van der Waals surface area (Å²) in [6.45, 7) is 8.57. The third-order valence-electron chi connectivity index (χ3n) is 6.23. The van der Waals surface area contributed by atoms with Gasteiger partial charge in [-0.3, -0.25) is 4.79 Å². The zero-order chi connectivity index (χ0) is 22.7. The van der Waals surface area contributed by atoms with Gasteiger partial charge in [0.2, 0.25) is 0 Å². The van der Waals surface area contributed by atoms with Gasteiger partial charge in [0.25, 0.3) is 5.91 Å². The topological polar surface area (TPSA) is 59.3 Å². The molecule has 2 aromatic carbocycles. The van der Waals surface area contributed by atoms with E-state index in [0.717, 1.165) is 29.7 Å².